The van der Waals surface area contributed by atoms with Gasteiger partial charge in [-0.2, -0.15) is 0 Å². The molecule has 0 bridgehead atoms. The lowest BCUT2D eigenvalue weighted by Gasteiger charge is -2.24. The van der Waals surface area contributed by atoms with Crippen molar-refractivity contribution in [2.24, 2.45) is 10.8 Å². The Labute approximate surface area is 108 Å². The molecule has 0 amide bonds. The molecule has 2 N–H and O–H groups in total. The molecule has 0 aromatic carbocycles. The van der Waals surface area contributed by atoms with Crippen molar-refractivity contribution in [2.45, 2.75) is 41.5 Å². The second-order valence-corrected chi connectivity index (χ2v) is 6.30. The zero-order valence-corrected chi connectivity index (χ0v) is 11.9. The van der Waals surface area contributed by atoms with E-state index in [2.05, 4.69) is 0 Å². The molecule has 0 aliphatic heterocycles. The van der Waals surface area contributed by atoms with Crippen LogP contribution >= 0.6 is 0 Å². The van der Waals surface area contributed by atoms with Crippen LogP contribution in [0.2, 0.25) is 0 Å². The lowest BCUT2D eigenvalue weighted by Crippen LogP contribution is -2.20. The number of hydrogen-bond donors (Lipinski definition) is 2. The van der Waals surface area contributed by atoms with Crippen LogP contribution < -0.4 is 0 Å². The summed E-state index contributed by atoms with van der Waals surface area (Å²) in [5, 5.41) is 18.1. The van der Waals surface area contributed by atoms with Crippen LogP contribution in [0.3, 0.4) is 0 Å². The summed E-state index contributed by atoms with van der Waals surface area (Å²) in [6.45, 7) is 10.9. The van der Waals surface area contributed by atoms with E-state index in [1.807, 2.05) is 20.8 Å². The van der Waals surface area contributed by atoms with Crippen molar-refractivity contribution in [3.63, 3.8) is 0 Å². The molecule has 4 nitrogen and oxygen atoms in total. The first-order valence-corrected chi connectivity index (χ1v) is 5.76. The predicted molar refractivity (Wildman–Crippen MR) is 70.3 cm³/mol. The van der Waals surface area contributed by atoms with Gasteiger partial charge >= 0.3 is 11.9 Å². The normalized spacial score (nSPS) is 14.6. The van der Waals surface area contributed by atoms with Gasteiger partial charge in [-0.25, -0.2) is 9.59 Å². The van der Waals surface area contributed by atoms with Crippen molar-refractivity contribution < 1.29 is 19.8 Å². The molecule has 0 rings (SSSR count). The van der Waals surface area contributed by atoms with E-state index in [0.717, 1.165) is 6.08 Å². The maximum atomic E-state index is 11.3. The number of hydrogen-bond acceptors (Lipinski definition) is 2. The van der Waals surface area contributed by atoms with E-state index in [-0.39, 0.29) is 5.57 Å². The minimum atomic E-state index is -1.07. The fourth-order valence-corrected chi connectivity index (χ4v) is 1.36. The Balaban J connectivity index is 5.81. The largest absolute Gasteiger partial charge is 0.478 e. The van der Waals surface area contributed by atoms with Crippen molar-refractivity contribution >= 4 is 11.9 Å². The summed E-state index contributed by atoms with van der Waals surface area (Å²) in [7, 11) is 0. The molecule has 0 spiro atoms. The molecule has 0 atom stereocenters. The third-order valence-corrected chi connectivity index (χ3v) is 2.48. The minimum Gasteiger partial charge on any atom is -0.478 e. The zero-order valence-electron chi connectivity index (χ0n) is 11.9. The maximum absolute atomic E-state index is 11.3. The summed E-state index contributed by atoms with van der Waals surface area (Å²) in [6.07, 6.45) is 2.53. The number of allylic oxidation sites excluding steroid dienone is 2. The van der Waals surface area contributed by atoms with E-state index < -0.39 is 22.8 Å². The van der Waals surface area contributed by atoms with Gasteiger partial charge in [-0.05, 0) is 22.5 Å². The molecule has 0 aromatic heterocycles. The standard InChI is InChI=1S/C14H22O4/c1-13(2,3)9(8-11(15)16)7-10(12(17)18)14(4,5)6/h7-8H,1-6H3,(H,15,16)(H,17,18). The first-order valence-electron chi connectivity index (χ1n) is 5.76. The lowest BCUT2D eigenvalue weighted by molar-refractivity contribution is -0.134. The lowest BCUT2D eigenvalue weighted by atomic mass is 9.80. The highest BCUT2D eigenvalue weighted by molar-refractivity contribution is 5.89. The van der Waals surface area contributed by atoms with Crippen molar-refractivity contribution in [1.82, 2.24) is 0 Å². The number of rotatable bonds is 3. The summed E-state index contributed by atoms with van der Waals surface area (Å²) in [5.41, 5.74) is -0.286. The van der Waals surface area contributed by atoms with Crippen LogP contribution in [0.15, 0.2) is 23.3 Å². The van der Waals surface area contributed by atoms with Crippen molar-refractivity contribution in [2.75, 3.05) is 0 Å². The Hall–Kier alpha value is -1.58. The average Bonchev–Trinajstić information content (AvgIpc) is 2.06. The number of carbonyl (C=O) groups is 2. The number of carboxylic acids is 2. The molecular weight excluding hydrogens is 232 g/mol. The third kappa shape index (κ3) is 5.17. The van der Waals surface area contributed by atoms with Gasteiger partial charge < -0.3 is 10.2 Å². The monoisotopic (exact) mass is 254 g/mol. The van der Waals surface area contributed by atoms with E-state index in [0.29, 0.717) is 5.57 Å². The van der Waals surface area contributed by atoms with Gasteiger partial charge in [-0.1, -0.05) is 41.5 Å². The number of aliphatic carboxylic acids is 2. The van der Waals surface area contributed by atoms with E-state index in [1.54, 1.807) is 20.8 Å². The van der Waals surface area contributed by atoms with Crippen LogP contribution in [-0.2, 0) is 9.59 Å². The Bertz CT molecular complexity index is 400. The topological polar surface area (TPSA) is 74.6 Å². The Morgan fingerprint density at radius 3 is 1.50 bits per heavy atom. The summed E-state index contributed by atoms with van der Waals surface area (Å²) in [5.74, 6) is -2.10. The molecule has 0 unspecified atom stereocenters. The van der Waals surface area contributed by atoms with Crippen LogP contribution in [0.25, 0.3) is 0 Å². The molecule has 102 valence electrons. The third-order valence-electron chi connectivity index (χ3n) is 2.48. The first-order chi connectivity index (χ1) is 7.85. The van der Waals surface area contributed by atoms with Gasteiger partial charge in [-0.15, -0.1) is 0 Å². The molecule has 0 radical (unpaired) electrons. The van der Waals surface area contributed by atoms with E-state index in [9.17, 15) is 14.7 Å². The van der Waals surface area contributed by atoms with Crippen molar-refractivity contribution in [1.29, 1.82) is 0 Å². The molecule has 0 saturated heterocycles. The quantitative estimate of drug-likeness (QED) is 0.599. The second kappa shape index (κ2) is 5.38. The van der Waals surface area contributed by atoms with Gasteiger partial charge in [0.25, 0.3) is 0 Å². The molecule has 18 heavy (non-hydrogen) atoms. The molecule has 0 saturated carbocycles. The molecule has 0 aliphatic carbocycles. The van der Waals surface area contributed by atoms with E-state index in [1.165, 1.54) is 6.08 Å². The van der Waals surface area contributed by atoms with Gasteiger partial charge in [0, 0.05) is 11.6 Å². The van der Waals surface area contributed by atoms with Crippen LogP contribution in [0, 0.1) is 10.8 Å². The Kier molecular flexibility index (Phi) is 4.90. The first kappa shape index (κ1) is 16.4. The Morgan fingerprint density at radius 1 is 0.833 bits per heavy atom. The summed E-state index contributed by atoms with van der Waals surface area (Å²) in [6, 6.07) is 0. The van der Waals surface area contributed by atoms with Crippen molar-refractivity contribution in [3.8, 4) is 0 Å². The maximum Gasteiger partial charge on any atom is 0.332 e. The summed E-state index contributed by atoms with van der Waals surface area (Å²) >= 11 is 0. The number of carboxylic acid groups (broad SMARTS) is 2. The summed E-state index contributed by atoms with van der Waals surface area (Å²) < 4.78 is 0. The molecule has 0 aromatic rings. The summed E-state index contributed by atoms with van der Waals surface area (Å²) in [4.78, 5) is 22.1. The van der Waals surface area contributed by atoms with Crippen LogP contribution in [-0.4, -0.2) is 22.2 Å². The van der Waals surface area contributed by atoms with Crippen LogP contribution in [0.5, 0.6) is 0 Å². The minimum absolute atomic E-state index is 0.199. The smallest absolute Gasteiger partial charge is 0.332 e. The van der Waals surface area contributed by atoms with Crippen LogP contribution in [0.1, 0.15) is 41.5 Å². The molecule has 0 fully saturated rings. The van der Waals surface area contributed by atoms with Crippen molar-refractivity contribution in [3.05, 3.63) is 23.3 Å². The van der Waals surface area contributed by atoms with Gasteiger partial charge in [-0.3, -0.25) is 0 Å². The van der Waals surface area contributed by atoms with Gasteiger partial charge in [0.2, 0.25) is 0 Å². The fourth-order valence-electron chi connectivity index (χ4n) is 1.36. The molecular formula is C14H22O4. The molecule has 0 heterocycles. The van der Waals surface area contributed by atoms with Gasteiger partial charge in [0.1, 0.15) is 0 Å². The van der Waals surface area contributed by atoms with Crippen LogP contribution in [0.4, 0.5) is 0 Å². The molecule has 4 heteroatoms. The van der Waals surface area contributed by atoms with E-state index in [4.69, 9.17) is 5.11 Å². The zero-order chi connectivity index (χ0) is 14.7. The second-order valence-electron chi connectivity index (χ2n) is 6.30. The Morgan fingerprint density at radius 2 is 1.28 bits per heavy atom. The predicted octanol–water partition coefficient (Wildman–Crippen LogP) is 3.10. The fraction of sp³-hybridized carbons (Fsp3) is 0.571. The van der Waals surface area contributed by atoms with Gasteiger partial charge in [0.05, 0.1) is 0 Å². The SMILES string of the molecule is CC(C)(C)C(=CC(=O)O)C=C(C(=O)O)C(C)(C)C. The van der Waals surface area contributed by atoms with E-state index >= 15 is 0 Å². The highest BCUT2D eigenvalue weighted by atomic mass is 16.4. The van der Waals surface area contributed by atoms with Gasteiger partial charge in [0.15, 0.2) is 0 Å². The highest BCUT2D eigenvalue weighted by Gasteiger charge is 2.26. The average molecular weight is 254 g/mol. The molecule has 0 aliphatic rings. The highest BCUT2D eigenvalue weighted by Crippen LogP contribution is 2.32.